The van der Waals surface area contributed by atoms with Gasteiger partial charge in [-0.1, -0.05) is 48.5 Å². The molecule has 0 saturated carbocycles. The molecule has 0 bridgehead atoms. The molecule has 3 aromatic rings. The van der Waals surface area contributed by atoms with Crippen LogP contribution in [0.2, 0.25) is 0 Å². The summed E-state index contributed by atoms with van der Waals surface area (Å²) in [5, 5.41) is 18.4. The van der Waals surface area contributed by atoms with Gasteiger partial charge in [0.05, 0.1) is 29.7 Å². The standard InChI is InChI=1S/C22H22N4O4/c27-22(23-12-17-8-4-5-9-20(17)26(28)29)19-10-11-30-21(19)18-13-24-25(15-18)14-16-6-2-1-3-7-16/h1-9,13,15,19,21H,10-12,14H2,(H,23,27)/t19-,21+/m0/s1. The summed E-state index contributed by atoms with van der Waals surface area (Å²) in [4.78, 5) is 23.5. The number of hydrogen-bond donors (Lipinski definition) is 1. The molecule has 1 saturated heterocycles. The van der Waals surface area contributed by atoms with E-state index in [0.717, 1.165) is 11.1 Å². The van der Waals surface area contributed by atoms with E-state index in [1.807, 2.05) is 41.2 Å². The highest BCUT2D eigenvalue weighted by Gasteiger charge is 2.36. The number of carbonyl (C=O) groups excluding carboxylic acids is 1. The van der Waals surface area contributed by atoms with Crippen LogP contribution in [0.1, 0.15) is 29.2 Å². The van der Waals surface area contributed by atoms with E-state index in [-0.39, 0.29) is 30.2 Å². The van der Waals surface area contributed by atoms with Crippen LogP contribution in [0.4, 0.5) is 5.69 Å². The molecule has 1 fully saturated rings. The molecule has 4 rings (SSSR count). The van der Waals surface area contributed by atoms with E-state index >= 15 is 0 Å². The maximum atomic E-state index is 12.8. The van der Waals surface area contributed by atoms with Gasteiger partial charge in [0.25, 0.3) is 5.69 Å². The molecule has 2 heterocycles. The van der Waals surface area contributed by atoms with E-state index in [9.17, 15) is 14.9 Å². The maximum absolute atomic E-state index is 12.8. The highest BCUT2D eigenvalue weighted by atomic mass is 16.6. The molecule has 8 nitrogen and oxygen atoms in total. The van der Waals surface area contributed by atoms with Crippen LogP contribution in [0.5, 0.6) is 0 Å². The van der Waals surface area contributed by atoms with Crippen molar-refractivity contribution < 1.29 is 14.5 Å². The van der Waals surface area contributed by atoms with Crippen molar-refractivity contribution >= 4 is 11.6 Å². The molecule has 1 aliphatic heterocycles. The Morgan fingerprint density at radius 2 is 1.97 bits per heavy atom. The molecule has 1 amide bonds. The van der Waals surface area contributed by atoms with Gasteiger partial charge >= 0.3 is 0 Å². The molecule has 0 radical (unpaired) electrons. The van der Waals surface area contributed by atoms with Gasteiger partial charge in [0.15, 0.2) is 0 Å². The molecule has 1 aliphatic rings. The average Bonchev–Trinajstić information content (AvgIpc) is 3.42. The van der Waals surface area contributed by atoms with Crippen LogP contribution in [-0.4, -0.2) is 27.2 Å². The third-order valence-electron chi connectivity index (χ3n) is 5.24. The van der Waals surface area contributed by atoms with Crippen molar-refractivity contribution in [2.45, 2.75) is 25.6 Å². The van der Waals surface area contributed by atoms with Gasteiger partial charge in [-0.15, -0.1) is 0 Å². The van der Waals surface area contributed by atoms with Crippen LogP contribution in [0.25, 0.3) is 0 Å². The lowest BCUT2D eigenvalue weighted by atomic mass is 9.96. The van der Waals surface area contributed by atoms with Gasteiger partial charge in [-0.3, -0.25) is 19.6 Å². The third-order valence-corrected chi connectivity index (χ3v) is 5.24. The van der Waals surface area contributed by atoms with Crippen LogP contribution in [0.15, 0.2) is 67.0 Å². The van der Waals surface area contributed by atoms with Crippen molar-refractivity contribution in [3.8, 4) is 0 Å². The first-order chi connectivity index (χ1) is 14.6. The molecule has 2 atom stereocenters. The highest BCUT2D eigenvalue weighted by Crippen LogP contribution is 2.34. The minimum Gasteiger partial charge on any atom is -0.373 e. The fourth-order valence-electron chi connectivity index (χ4n) is 3.72. The van der Waals surface area contributed by atoms with Gasteiger partial charge in [-0.05, 0) is 12.0 Å². The van der Waals surface area contributed by atoms with Crippen molar-refractivity contribution in [3.05, 3.63) is 93.8 Å². The Labute approximate surface area is 173 Å². The summed E-state index contributed by atoms with van der Waals surface area (Å²) in [5.41, 5.74) is 2.47. The minimum absolute atomic E-state index is 0.000731. The van der Waals surface area contributed by atoms with Crippen LogP contribution in [0, 0.1) is 16.0 Å². The lowest BCUT2D eigenvalue weighted by Crippen LogP contribution is -2.32. The van der Waals surface area contributed by atoms with Gasteiger partial charge in [-0.2, -0.15) is 5.10 Å². The number of benzene rings is 2. The molecule has 0 aliphatic carbocycles. The predicted octanol–water partition coefficient (Wildman–Crippen LogP) is 3.23. The zero-order valence-corrected chi connectivity index (χ0v) is 16.3. The number of ether oxygens (including phenoxy) is 1. The third kappa shape index (κ3) is 4.38. The molecule has 30 heavy (non-hydrogen) atoms. The molecule has 1 N–H and O–H groups in total. The number of rotatable bonds is 7. The van der Waals surface area contributed by atoms with Crippen molar-refractivity contribution in [3.63, 3.8) is 0 Å². The van der Waals surface area contributed by atoms with Gasteiger partial charge in [0, 0.05) is 36.5 Å². The number of aromatic nitrogens is 2. The zero-order valence-electron chi connectivity index (χ0n) is 16.3. The highest BCUT2D eigenvalue weighted by molar-refractivity contribution is 5.79. The molecular formula is C22H22N4O4. The van der Waals surface area contributed by atoms with Crippen molar-refractivity contribution in [1.82, 2.24) is 15.1 Å². The predicted molar refractivity (Wildman–Crippen MR) is 110 cm³/mol. The first-order valence-electron chi connectivity index (χ1n) is 9.79. The van der Waals surface area contributed by atoms with Crippen LogP contribution in [-0.2, 0) is 22.6 Å². The molecule has 2 aromatic carbocycles. The van der Waals surface area contributed by atoms with Crippen LogP contribution < -0.4 is 5.32 Å². The summed E-state index contributed by atoms with van der Waals surface area (Å²) in [6, 6.07) is 16.4. The quantitative estimate of drug-likeness (QED) is 0.480. The molecular weight excluding hydrogens is 384 g/mol. The van der Waals surface area contributed by atoms with E-state index in [1.54, 1.807) is 24.4 Å². The fourth-order valence-corrected chi connectivity index (χ4v) is 3.72. The second kappa shape index (κ2) is 8.87. The van der Waals surface area contributed by atoms with Gasteiger partial charge in [-0.25, -0.2) is 0 Å². The Bertz CT molecular complexity index is 1030. The number of nitro groups is 1. The summed E-state index contributed by atoms with van der Waals surface area (Å²) in [7, 11) is 0. The van der Waals surface area contributed by atoms with Crippen LogP contribution in [0.3, 0.4) is 0 Å². The number of hydrogen-bond acceptors (Lipinski definition) is 5. The molecule has 0 unspecified atom stereocenters. The van der Waals surface area contributed by atoms with E-state index < -0.39 is 4.92 Å². The van der Waals surface area contributed by atoms with Crippen molar-refractivity contribution in [2.75, 3.05) is 6.61 Å². The Kier molecular flexibility index (Phi) is 5.85. The normalized spacial score (nSPS) is 18.3. The van der Waals surface area contributed by atoms with E-state index in [4.69, 9.17) is 4.74 Å². The Morgan fingerprint density at radius 3 is 2.77 bits per heavy atom. The van der Waals surface area contributed by atoms with E-state index in [2.05, 4.69) is 10.4 Å². The lowest BCUT2D eigenvalue weighted by Gasteiger charge is -2.17. The van der Waals surface area contributed by atoms with Crippen LogP contribution >= 0.6 is 0 Å². The minimum atomic E-state index is -0.440. The first-order valence-corrected chi connectivity index (χ1v) is 9.79. The first kappa shape index (κ1) is 19.8. The molecule has 0 spiro atoms. The average molecular weight is 406 g/mol. The fraction of sp³-hybridized carbons (Fsp3) is 0.273. The second-order valence-corrected chi connectivity index (χ2v) is 7.25. The maximum Gasteiger partial charge on any atom is 0.274 e. The number of nitro benzene ring substituents is 1. The summed E-state index contributed by atoms with van der Waals surface area (Å²) in [6.07, 6.45) is 3.87. The lowest BCUT2D eigenvalue weighted by molar-refractivity contribution is -0.385. The molecule has 8 heteroatoms. The van der Waals surface area contributed by atoms with Gasteiger partial charge < -0.3 is 10.1 Å². The Balaban J connectivity index is 1.41. The monoisotopic (exact) mass is 406 g/mol. The number of amides is 1. The SMILES string of the molecule is O=C(NCc1ccccc1[N+](=O)[O-])[C@H]1CCO[C@@H]1c1cnn(Cc2ccccc2)c1. The topological polar surface area (TPSA) is 99.3 Å². The molecule has 1 aromatic heterocycles. The summed E-state index contributed by atoms with van der Waals surface area (Å²) in [5.74, 6) is -0.534. The van der Waals surface area contributed by atoms with Crippen molar-refractivity contribution in [1.29, 1.82) is 0 Å². The Morgan fingerprint density at radius 1 is 1.20 bits per heavy atom. The summed E-state index contributed by atoms with van der Waals surface area (Å²) in [6.45, 7) is 1.23. The van der Waals surface area contributed by atoms with Crippen molar-refractivity contribution in [2.24, 2.45) is 5.92 Å². The summed E-state index contributed by atoms with van der Waals surface area (Å²) < 4.78 is 7.66. The number of carbonyl (C=O) groups is 1. The number of nitrogens with one attached hydrogen (secondary N) is 1. The van der Waals surface area contributed by atoms with E-state index in [0.29, 0.717) is 25.1 Å². The summed E-state index contributed by atoms with van der Waals surface area (Å²) >= 11 is 0. The Hall–Kier alpha value is -3.52. The zero-order chi connectivity index (χ0) is 20.9. The molecule has 154 valence electrons. The number of para-hydroxylation sites is 1. The smallest absolute Gasteiger partial charge is 0.274 e. The van der Waals surface area contributed by atoms with E-state index in [1.165, 1.54) is 6.07 Å². The number of nitrogens with zero attached hydrogens (tertiary/aromatic N) is 3. The van der Waals surface area contributed by atoms with Gasteiger partial charge in [0.2, 0.25) is 5.91 Å². The largest absolute Gasteiger partial charge is 0.373 e. The second-order valence-electron chi connectivity index (χ2n) is 7.25. The van der Waals surface area contributed by atoms with Gasteiger partial charge in [0.1, 0.15) is 0 Å².